The molecule has 0 bridgehead atoms. The summed E-state index contributed by atoms with van der Waals surface area (Å²) in [5, 5.41) is 4.71. The highest BCUT2D eigenvalue weighted by molar-refractivity contribution is 6.07. The van der Waals surface area contributed by atoms with Crippen LogP contribution >= 0.6 is 0 Å². The van der Waals surface area contributed by atoms with Crippen LogP contribution in [-0.2, 0) is 23.9 Å². The lowest BCUT2D eigenvalue weighted by molar-refractivity contribution is -0.154. The minimum absolute atomic E-state index is 0.294. The molecule has 29 heavy (non-hydrogen) atoms. The van der Waals surface area contributed by atoms with Gasteiger partial charge in [0.25, 0.3) is 5.91 Å². The van der Waals surface area contributed by atoms with E-state index in [4.69, 9.17) is 4.74 Å². The van der Waals surface area contributed by atoms with E-state index in [0.717, 1.165) is 28.5 Å². The van der Waals surface area contributed by atoms with Crippen LogP contribution in [-0.4, -0.2) is 41.7 Å². The molecule has 1 aliphatic heterocycles. The number of anilines is 1. The number of carbonyl (C=O) groups excluding carboxylic acids is 4. The number of likely N-dealkylation sites (tertiary alicyclic amines) is 1. The number of nitrogens with one attached hydrogen (secondary N) is 1. The maximum atomic E-state index is 12.4. The van der Waals surface area contributed by atoms with Gasteiger partial charge in [-0.2, -0.15) is 0 Å². The second-order valence-electron chi connectivity index (χ2n) is 7.53. The normalized spacial score (nSPS) is 21.2. The molecule has 2 aliphatic rings. The van der Waals surface area contributed by atoms with Crippen molar-refractivity contribution in [2.24, 2.45) is 11.8 Å². The van der Waals surface area contributed by atoms with Crippen molar-refractivity contribution in [3.63, 3.8) is 0 Å². The molecule has 0 spiro atoms. The fraction of sp³-hybridized carbons (Fsp3) is 0.364. The molecule has 0 unspecified atom stereocenters. The van der Waals surface area contributed by atoms with E-state index in [1.165, 1.54) is 0 Å². The van der Waals surface area contributed by atoms with Crippen molar-refractivity contribution in [2.75, 3.05) is 18.5 Å². The van der Waals surface area contributed by atoms with Crippen LogP contribution in [0.2, 0.25) is 0 Å². The predicted molar refractivity (Wildman–Crippen MR) is 106 cm³/mol. The Labute approximate surface area is 168 Å². The van der Waals surface area contributed by atoms with Crippen molar-refractivity contribution in [2.45, 2.75) is 25.7 Å². The Morgan fingerprint density at radius 1 is 0.966 bits per heavy atom. The third kappa shape index (κ3) is 3.99. The SMILES string of the molecule is O=C(COC(=O)CN1C(=O)[C@@H]2CCCC[C@H]2C1=O)Nc1ccc2ccccc2c1. The molecule has 2 fully saturated rings. The Morgan fingerprint density at radius 2 is 1.62 bits per heavy atom. The lowest BCUT2D eigenvalue weighted by Crippen LogP contribution is -2.37. The van der Waals surface area contributed by atoms with Crippen LogP contribution < -0.4 is 5.32 Å². The van der Waals surface area contributed by atoms with Crippen LogP contribution in [0.1, 0.15) is 25.7 Å². The first-order valence-electron chi connectivity index (χ1n) is 9.82. The van der Waals surface area contributed by atoms with Gasteiger partial charge in [-0.1, -0.05) is 43.2 Å². The van der Waals surface area contributed by atoms with Gasteiger partial charge in [-0.3, -0.25) is 24.1 Å². The molecule has 0 radical (unpaired) electrons. The number of nitrogens with zero attached hydrogens (tertiary/aromatic N) is 1. The quantitative estimate of drug-likeness (QED) is 0.621. The van der Waals surface area contributed by atoms with Gasteiger partial charge in [0.1, 0.15) is 6.54 Å². The van der Waals surface area contributed by atoms with E-state index in [2.05, 4.69) is 5.32 Å². The molecule has 2 atom stereocenters. The third-order valence-corrected chi connectivity index (χ3v) is 5.62. The molecule has 1 saturated heterocycles. The highest BCUT2D eigenvalue weighted by Crippen LogP contribution is 2.37. The van der Waals surface area contributed by atoms with Crippen LogP contribution in [0.4, 0.5) is 5.69 Å². The van der Waals surface area contributed by atoms with Gasteiger partial charge in [-0.15, -0.1) is 0 Å². The number of rotatable bonds is 5. The maximum absolute atomic E-state index is 12.4. The zero-order chi connectivity index (χ0) is 20.4. The molecule has 2 aromatic rings. The molecular formula is C22H22N2O5. The molecule has 150 valence electrons. The Hall–Kier alpha value is -3.22. The summed E-state index contributed by atoms with van der Waals surface area (Å²) in [6, 6.07) is 13.2. The first-order valence-corrected chi connectivity index (χ1v) is 9.82. The number of hydrogen-bond donors (Lipinski definition) is 1. The molecule has 4 rings (SSSR count). The van der Waals surface area contributed by atoms with Gasteiger partial charge in [-0.05, 0) is 35.7 Å². The average molecular weight is 394 g/mol. The standard InChI is InChI=1S/C22H22N2O5/c25-19(23-16-10-9-14-5-1-2-6-15(14)11-16)13-29-20(26)12-24-21(27)17-7-3-4-8-18(17)22(24)28/h1-2,5-6,9-11,17-18H,3-4,7-8,12-13H2,(H,23,25)/t17-,18-/m1/s1. The molecule has 1 aliphatic carbocycles. The molecule has 7 nitrogen and oxygen atoms in total. The minimum atomic E-state index is -0.765. The summed E-state index contributed by atoms with van der Waals surface area (Å²) in [6.07, 6.45) is 3.23. The number of hydrogen-bond acceptors (Lipinski definition) is 5. The van der Waals surface area contributed by atoms with Crippen molar-refractivity contribution in [1.29, 1.82) is 0 Å². The summed E-state index contributed by atoms with van der Waals surface area (Å²) >= 11 is 0. The number of carbonyl (C=O) groups is 4. The van der Waals surface area contributed by atoms with Crippen LogP contribution in [0.3, 0.4) is 0 Å². The van der Waals surface area contributed by atoms with E-state index >= 15 is 0 Å². The molecular weight excluding hydrogens is 372 g/mol. The van der Waals surface area contributed by atoms with Crippen molar-refractivity contribution < 1.29 is 23.9 Å². The highest BCUT2D eigenvalue weighted by Gasteiger charge is 2.48. The summed E-state index contributed by atoms with van der Waals surface area (Å²) in [4.78, 5) is 49.9. The fourth-order valence-electron chi connectivity index (χ4n) is 4.17. The van der Waals surface area contributed by atoms with E-state index in [1.807, 2.05) is 36.4 Å². The van der Waals surface area contributed by atoms with Gasteiger partial charge < -0.3 is 10.1 Å². The summed E-state index contributed by atoms with van der Waals surface area (Å²) in [7, 11) is 0. The van der Waals surface area contributed by atoms with E-state index in [1.54, 1.807) is 6.07 Å². The Bertz CT molecular complexity index is 962. The van der Waals surface area contributed by atoms with Crippen LogP contribution in [0.25, 0.3) is 10.8 Å². The van der Waals surface area contributed by atoms with E-state index in [9.17, 15) is 19.2 Å². The molecule has 7 heteroatoms. The van der Waals surface area contributed by atoms with Gasteiger partial charge in [0.2, 0.25) is 11.8 Å². The van der Waals surface area contributed by atoms with Gasteiger partial charge >= 0.3 is 5.97 Å². The second-order valence-corrected chi connectivity index (χ2v) is 7.53. The monoisotopic (exact) mass is 394 g/mol. The Balaban J connectivity index is 1.29. The lowest BCUT2D eigenvalue weighted by Gasteiger charge is -2.19. The van der Waals surface area contributed by atoms with Crippen LogP contribution in [0, 0.1) is 11.8 Å². The van der Waals surface area contributed by atoms with E-state index in [0.29, 0.717) is 18.5 Å². The number of fused-ring (bicyclic) bond motifs is 2. The molecule has 0 aromatic heterocycles. The van der Waals surface area contributed by atoms with Crippen molar-refractivity contribution >= 4 is 40.2 Å². The largest absolute Gasteiger partial charge is 0.454 e. The smallest absolute Gasteiger partial charge is 0.326 e. The summed E-state index contributed by atoms with van der Waals surface area (Å²) < 4.78 is 4.98. The Morgan fingerprint density at radius 3 is 2.31 bits per heavy atom. The minimum Gasteiger partial charge on any atom is -0.454 e. The van der Waals surface area contributed by atoms with Gasteiger partial charge in [-0.25, -0.2) is 0 Å². The molecule has 1 heterocycles. The molecule has 1 saturated carbocycles. The number of benzene rings is 2. The fourth-order valence-corrected chi connectivity index (χ4v) is 4.17. The lowest BCUT2D eigenvalue weighted by atomic mass is 9.81. The summed E-state index contributed by atoms with van der Waals surface area (Å²) in [5.41, 5.74) is 0.596. The van der Waals surface area contributed by atoms with Crippen molar-refractivity contribution in [1.82, 2.24) is 4.90 Å². The number of amides is 3. The maximum Gasteiger partial charge on any atom is 0.326 e. The zero-order valence-electron chi connectivity index (χ0n) is 15.9. The van der Waals surface area contributed by atoms with Crippen LogP contribution in [0.15, 0.2) is 42.5 Å². The number of imide groups is 1. The topological polar surface area (TPSA) is 92.8 Å². The molecule has 2 aromatic carbocycles. The van der Waals surface area contributed by atoms with E-state index < -0.39 is 25.0 Å². The number of esters is 1. The molecule has 1 N–H and O–H groups in total. The van der Waals surface area contributed by atoms with E-state index in [-0.39, 0.29) is 23.7 Å². The Kier molecular flexibility index (Phi) is 5.29. The van der Waals surface area contributed by atoms with Crippen molar-refractivity contribution in [3.05, 3.63) is 42.5 Å². The zero-order valence-corrected chi connectivity index (χ0v) is 15.9. The first kappa shape index (κ1) is 19.1. The number of ether oxygens (including phenoxy) is 1. The van der Waals surface area contributed by atoms with Gasteiger partial charge in [0.15, 0.2) is 6.61 Å². The highest BCUT2D eigenvalue weighted by atomic mass is 16.5. The first-order chi connectivity index (χ1) is 14.0. The average Bonchev–Trinajstić information content (AvgIpc) is 2.97. The third-order valence-electron chi connectivity index (χ3n) is 5.62. The second kappa shape index (κ2) is 8.03. The predicted octanol–water partition coefficient (Wildman–Crippen LogP) is 2.50. The summed E-state index contributed by atoms with van der Waals surface area (Å²) in [5.74, 6) is -2.45. The summed E-state index contributed by atoms with van der Waals surface area (Å²) in [6.45, 7) is -0.914. The van der Waals surface area contributed by atoms with Gasteiger partial charge in [0, 0.05) is 5.69 Å². The molecule has 3 amide bonds. The van der Waals surface area contributed by atoms with Crippen LogP contribution in [0.5, 0.6) is 0 Å². The van der Waals surface area contributed by atoms with Gasteiger partial charge in [0.05, 0.1) is 11.8 Å². The van der Waals surface area contributed by atoms with Crippen molar-refractivity contribution in [3.8, 4) is 0 Å².